The quantitative estimate of drug-likeness (QED) is 0.570. The second kappa shape index (κ2) is 11.4. The van der Waals surface area contributed by atoms with E-state index in [0.717, 1.165) is 9.87 Å². The minimum atomic E-state index is -3.92. The summed E-state index contributed by atoms with van der Waals surface area (Å²) in [5.41, 5.74) is 1.14. The van der Waals surface area contributed by atoms with Gasteiger partial charge in [-0.2, -0.15) is 4.31 Å². The summed E-state index contributed by atoms with van der Waals surface area (Å²) in [7, 11) is -2.62. The van der Waals surface area contributed by atoms with Gasteiger partial charge in [-0.1, -0.05) is 42.8 Å². The summed E-state index contributed by atoms with van der Waals surface area (Å²) in [6.07, 6.45) is 0.706. The Morgan fingerprint density at radius 3 is 2.24 bits per heavy atom. The molecule has 180 valence electrons. The number of nitrogens with zero attached hydrogens (tertiary/aromatic N) is 2. The van der Waals surface area contributed by atoms with Gasteiger partial charge in [0.2, 0.25) is 21.8 Å². The third-order valence-electron chi connectivity index (χ3n) is 5.55. The largest absolute Gasteiger partial charge is 0.352 e. The summed E-state index contributed by atoms with van der Waals surface area (Å²) in [5, 5.41) is 2.82. The van der Waals surface area contributed by atoms with Crippen molar-refractivity contribution in [2.24, 2.45) is 0 Å². The Morgan fingerprint density at radius 2 is 1.67 bits per heavy atom. The number of aryl methyl sites for hydroxylation is 1. The van der Waals surface area contributed by atoms with Crippen LogP contribution < -0.4 is 5.32 Å². The summed E-state index contributed by atoms with van der Waals surface area (Å²) in [4.78, 5) is 27.2. The molecule has 0 saturated carbocycles. The smallest absolute Gasteiger partial charge is 0.243 e. The monoisotopic (exact) mass is 477 g/mol. The number of hydrogen-bond donors (Lipinski definition) is 1. The van der Waals surface area contributed by atoms with Gasteiger partial charge < -0.3 is 10.2 Å². The van der Waals surface area contributed by atoms with Crippen molar-refractivity contribution in [3.63, 3.8) is 0 Å². The molecular weight excluding hydrogens is 445 g/mol. The van der Waals surface area contributed by atoms with E-state index in [2.05, 4.69) is 5.32 Å². The molecule has 0 aliphatic heterocycles. The zero-order chi connectivity index (χ0) is 24.8. The van der Waals surface area contributed by atoms with Gasteiger partial charge in [-0.3, -0.25) is 9.59 Å². The average molecular weight is 478 g/mol. The molecule has 0 bridgehead atoms. The minimum Gasteiger partial charge on any atom is -0.352 e. The van der Waals surface area contributed by atoms with E-state index >= 15 is 0 Å². The van der Waals surface area contributed by atoms with Crippen molar-refractivity contribution in [1.82, 2.24) is 14.5 Å². The van der Waals surface area contributed by atoms with Crippen molar-refractivity contribution in [2.75, 3.05) is 13.6 Å². The molecule has 0 aliphatic rings. The van der Waals surface area contributed by atoms with Crippen LogP contribution in [0, 0.1) is 12.7 Å². The van der Waals surface area contributed by atoms with E-state index in [1.807, 2.05) is 20.8 Å². The fourth-order valence-corrected chi connectivity index (χ4v) is 4.24. The number of halogens is 1. The molecule has 0 aliphatic carbocycles. The van der Waals surface area contributed by atoms with Crippen LogP contribution in [0.3, 0.4) is 0 Å². The molecule has 0 aromatic heterocycles. The molecule has 0 unspecified atom stereocenters. The number of hydrogen-bond acceptors (Lipinski definition) is 4. The molecule has 0 saturated heterocycles. The van der Waals surface area contributed by atoms with Crippen LogP contribution in [0.5, 0.6) is 0 Å². The first-order valence-corrected chi connectivity index (χ1v) is 12.3. The normalized spacial score (nSPS) is 13.4. The SMILES string of the molecule is CC[C@H](C)NC(=O)[C@@H](C)N(Cc1ccccc1F)C(=O)CN(C)S(=O)(=O)c1ccc(C)cc1. The molecule has 0 radical (unpaired) electrons. The van der Waals surface area contributed by atoms with Gasteiger partial charge in [-0.25, -0.2) is 12.8 Å². The Morgan fingerprint density at radius 1 is 1.06 bits per heavy atom. The van der Waals surface area contributed by atoms with E-state index < -0.39 is 40.2 Å². The summed E-state index contributed by atoms with van der Waals surface area (Å²) >= 11 is 0. The van der Waals surface area contributed by atoms with Crippen LogP contribution in [-0.4, -0.2) is 55.1 Å². The van der Waals surface area contributed by atoms with Gasteiger partial charge in [0.1, 0.15) is 11.9 Å². The molecule has 1 N–H and O–H groups in total. The van der Waals surface area contributed by atoms with Crippen LogP contribution in [0.4, 0.5) is 4.39 Å². The molecule has 0 fully saturated rings. The molecular formula is C24H32FN3O4S. The minimum absolute atomic E-state index is 0.0617. The molecule has 2 amide bonds. The molecule has 33 heavy (non-hydrogen) atoms. The number of sulfonamides is 1. The van der Waals surface area contributed by atoms with Gasteiger partial charge in [0.25, 0.3) is 0 Å². The van der Waals surface area contributed by atoms with Crippen molar-refractivity contribution in [2.45, 2.75) is 57.6 Å². The molecule has 2 aromatic carbocycles. The summed E-state index contributed by atoms with van der Waals surface area (Å²) < 4.78 is 41.1. The molecule has 9 heteroatoms. The second-order valence-electron chi connectivity index (χ2n) is 8.18. The first-order chi connectivity index (χ1) is 15.5. The molecule has 2 atom stereocenters. The highest BCUT2D eigenvalue weighted by Crippen LogP contribution is 2.17. The highest BCUT2D eigenvalue weighted by atomic mass is 32.2. The van der Waals surface area contributed by atoms with Gasteiger partial charge in [-0.15, -0.1) is 0 Å². The van der Waals surface area contributed by atoms with Crippen molar-refractivity contribution in [3.05, 3.63) is 65.5 Å². The fraction of sp³-hybridized carbons (Fsp3) is 0.417. The van der Waals surface area contributed by atoms with Crippen LogP contribution >= 0.6 is 0 Å². The third-order valence-corrected chi connectivity index (χ3v) is 7.37. The average Bonchev–Trinajstić information content (AvgIpc) is 2.78. The van der Waals surface area contributed by atoms with E-state index in [-0.39, 0.29) is 23.0 Å². The maximum Gasteiger partial charge on any atom is 0.243 e. The zero-order valence-electron chi connectivity index (χ0n) is 19.7. The fourth-order valence-electron chi connectivity index (χ4n) is 3.11. The van der Waals surface area contributed by atoms with E-state index in [1.54, 1.807) is 25.1 Å². The summed E-state index contributed by atoms with van der Waals surface area (Å²) in [6, 6.07) is 11.2. The van der Waals surface area contributed by atoms with Gasteiger partial charge in [0.05, 0.1) is 11.4 Å². The number of carbonyl (C=O) groups is 2. The van der Waals surface area contributed by atoms with Crippen molar-refractivity contribution >= 4 is 21.8 Å². The lowest BCUT2D eigenvalue weighted by atomic mass is 10.1. The van der Waals surface area contributed by atoms with E-state index in [1.165, 1.54) is 42.3 Å². The van der Waals surface area contributed by atoms with Crippen molar-refractivity contribution in [3.8, 4) is 0 Å². The predicted molar refractivity (Wildman–Crippen MR) is 125 cm³/mol. The lowest BCUT2D eigenvalue weighted by Crippen LogP contribution is -2.52. The molecule has 0 spiro atoms. The molecule has 2 rings (SSSR count). The number of benzene rings is 2. The Labute approximate surface area is 195 Å². The van der Waals surface area contributed by atoms with Crippen LogP contribution in [0.15, 0.2) is 53.4 Å². The summed E-state index contributed by atoms with van der Waals surface area (Å²) in [6.45, 7) is 6.49. The van der Waals surface area contributed by atoms with Gasteiger partial charge in [0, 0.05) is 25.2 Å². The van der Waals surface area contributed by atoms with E-state index in [0.29, 0.717) is 6.42 Å². The lowest BCUT2D eigenvalue weighted by molar-refractivity contribution is -0.140. The predicted octanol–water partition coefficient (Wildman–Crippen LogP) is 3.09. The Balaban J connectivity index is 2.29. The second-order valence-corrected chi connectivity index (χ2v) is 10.2. The van der Waals surface area contributed by atoms with Crippen LogP contribution in [0.25, 0.3) is 0 Å². The number of rotatable bonds is 10. The van der Waals surface area contributed by atoms with Gasteiger partial charge in [0.15, 0.2) is 0 Å². The Bertz CT molecular complexity index is 1070. The van der Waals surface area contributed by atoms with E-state index in [9.17, 15) is 22.4 Å². The lowest BCUT2D eigenvalue weighted by Gasteiger charge is -2.31. The van der Waals surface area contributed by atoms with Crippen molar-refractivity contribution < 1.29 is 22.4 Å². The Hall–Kier alpha value is -2.78. The Kier molecular flexibility index (Phi) is 9.13. The molecule has 0 heterocycles. The number of likely N-dealkylation sites (N-methyl/N-ethyl adjacent to an activating group) is 1. The summed E-state index contributed by atoms with van der Waals surface area (Å²) in [5.74, 6) is -1.51. The molecule has 2 aromatic rings. The zero-order valence-corrected chi connectivity index (χ0v) is 20.5. The number of amides is 2. The van der Waals surface area contributed by atoms with E-state index in [4.69, 9.17) is 0 Å². The highest BCUT2D eigenvalue weighted by molar-refractivity contribution is 7.89. The first kappa shape index (κ1) is 26.5. The van der Waals surface area contributed by atoms with Crippen LogP contribution in [0.2, 0.25) is 0 Å². The number of carbonyl (C=O) groups excluding carboxylic acids is 2. The van der Waals surface area contributed by atoms with Gasteiger partial charge >= 0.3 is 0 Å². The first-order valence-electron chi connectivity index (χ1n) is 10.8. The number of nitrogens with one attached hydrogen (secondary N) is 1. The van der Waals surface area contributed by atoms with Crippen LogP contribution in [0.1, 0.15) is 38.3 Å². The van der Waals surface area contributed by atoms with Gasteiger partial charge in [-0.05, 0) is 45.4 Å². The topological polar surface area (TPSA) is 86.8 Å². The maximum atomic E-state index is 14.3. The highest BCUT2D eigenvalue weighted by Gasteiger charge is 2.31. The standard InChI is InChI=1S/C24H32FN3O4S/c1-6-18(3)26-24(30)19(4)28(15-20-9-7-8-10-22(20)25)23(29)16-27(5)33(31,32)21-13-11-17(2)12-14-21/h7-14,18-19H,6,15-16H2,1-5H3,(H,26,30)/t18-,19+/m0/s1. The molecule has 7 nitrogen and oxygen atoms in total. The maximum absolute atomic E-state index is 14.3. The third kappa shape index (κ3) is 6.85. The van der Waals surface area contributed by atoms with Crippen molar-refractivity contribution in [1.29, 1.82) is 0 Å². The van der Waals surface area contributed by atoms with Crippen LogP contribution in [-0.2, 0) is 26.2 Å².